The zero-order valence-corrected chi connectivity index (χ0v) is 8.53. The lowest BCUT2D eigenvalue weighted by atomic mass is 10.0. The average Bonchev–Trinajstić information content (AvgIpc) is 1.80. The van der Waals surface area contributed by atoms with Gasteiger partial charge in [-0.25, -0.2) is 4.79 Å². The van der Waals surface area contributed by atoms with Gasteiger partial charge in [-0.1, -0.05) is 0 Å². The van der Waals surface area contributed by atoms with Crippen molar-refractivity contribution in [1.29, 1.82) is 0 Å². The van der Waals surface area contributed by atoms with Crippen molar-refractivity contribution in [2.75, 3.05) is 0 Å². The van der Waals surface area contributed by atoms with Gasteiger partial charge in [0.25, 0.3) is 0 Å². The summed E-state index contributed by atoms with van der Waals surface area (Å²) in [7, 11) is 0. The first kappa shape index (κ1) is 13.2. The van der Waals surface area contributed by atoms with Crippen molar-refractivity contribution < 1.29 is 22.7 Å². The van der Waals surface area contributed by atoms with E-state index in [9.17, 15) is 18.0 Å². The molecular formula is C8H14F3NO2. The zero-order chi connectivity index (χ0) is 11.8. The molecule has 1 atom stereocenters. The largest absolute Gasteiger partial charge is 0.458 e. The van der Waals surface area contributed by atoms with E-state index in [1.165, 1.54) is 20.8 Å². The Labute approximate surface area is 80.4 Å². The molecule has 0 fully saturated rings. The van der Waals surface area contributed by atoms with Gasteiger partial charge in [0.1, 0.15) is 5.60 Å². The summed E-state index contributed by atoms with van der Waals surface area (Å²) in [5.41, 5.74) is 0.904. The van der Waals surface area contributed by atoms with Gasteiger partial charge in [0.2, 0.25) is 5.54 Å². The molecule has 0 aromatic rings. The van der Waals surface area contributed by atoms with Crippen LogP contribution in [-0.2, 0) is 9.53 Å². The molecule has 2 N–H and O–H groups in total. The molecule has 0 bridgehead atoms. The second kappa shape index (κ2) is 3.42. The predicted molar refractivity (Wildman–Crippen MR) is 44.5 cm³/mol. The molecule has 0 aromatic heterocycles. The maximum absolute atomic E-state index is 12.2. The molecule has 0 aliphatic rings. The molecule has 0 aliphatic carbocycles. The molecule has 3 nitrogen and oxygen atoms in total. The Bertz CT molecular complexity index is 228. The molecule has 0 saturated heterocycles. The molecule has 0 heterocycles. The minimum absolute atomic E-state index is 0.584. The second-order valence-electron chi connectivity index (χ2n) is 4.20. The molecular weight excluding hydrogens is 199 g/mol. The van der Waals surface area contributed by atoms with E-state index in [4.69, 9.17) is 5.73 Å². The van der Waals surface area contributed by atoms with Crippen molar-refractivity contribution in [3.8, 4) is 0 Å². The third kappa shape index (κ3) is 3.17. The minimum atomic E-state index is -4.81. The van der Waals surface area contributed by atoms with Crippen LogP contribution in [0.5, 0.6) is 0 Å². The number of carbonyl (C=O) groups is 1. The topological polar surface area (TPSA) is 52.3 Å². The molecule has 0 amide bonds. The van der Waals surface area contributed by atoms with Crippen LogP contribution in [-0.4, -0.2) is 23.3 Å². The van der Waals surface area contributed by atoms with Crippen LogP contribution < -0.4 is 5.73 Å². The summed E-state index contributed by atoms with van der Waals surface area (Å²) in [5, 5.41) is 0. The van der Waals surface area contributed by atoms with Crippen LogP contribution >= 0.6 is 0 Å². The van der Waals surface area contributed by atoms with Crippen molar-refractivity contribution in [1.82, 2.24) is 0 Å². The molecule has 0 aliphatic heterocycles. The SMILES string of the molecule is CC(C)(C)OC(=O)[C@@](C)(N)C(F)(F)F. The molecule has 6 heteroatoms. The first-order valence-electron chi connectivity index (χ1n) is 3.97. The molecule has 0 saturated carbocycles. The fraction of sp³-hybridized carbons (Fsp3) is 0.875. The van der Waals surface area contributed by atoms with Crippen LogP contribution in [0.3, 0.4) is 0 Å². The number of halogens is 3. The lowest BCUT2D eigenvalue weighted by molar-refractivity contribution is -0.208. The number of hydrogen-bond acceptors (Lipinski definition) is 3. The van der Waals surface area contributed by atoms with Gasteiger partial charge in [0, 0.05) is 0 Å². The lowest BCUT2D eigenvalue weighted by Crippen LogP contribution is -2.59. The Balaban J connectivity index is 4.70. The number of alkyl halides is 3. The highest BCUT2D eigenvalue weighted by atomic mass is 19.4. The smallest absolute Gasteiger partial charge is 0.416 e. The summed E-state index contributed by atoms with van der Waals surface area (Å²) in [6.45, 7) is 4.99. The Morgan fingerprint density at radius 1 is 1.14 bits per heavy atom. The van der Waals surface area contributed by atoms with Crippen molar-refractivity contribution in [2.24, 2.45) is 5.73 Å². The van der Waals surface area contributed by atoms with E-state index in [1.54, 1.807) is 0 Å². The molecule has 84 valence electrons. The molecule has 0 rings (SSSR count). The lowest BCUT2D eigenvalue weighted by Gasteiger charge is -2.29. The van der Waals surface area contributed by atoms with Gasteiger partial charge < -0.3 is 10.5 Å². The van der Waals surface area contributed by atoms with Gasteiger partial charge in [-0.3, -0.25) is 0 Å². The number of esters is 1. The molecule has 0 radical (unpaired) electrons. The minimum Gasteiger partial charge on any atom is -0.458 e. The van der Waals surface area contributed by atoms with E-state index in [0.717, 1.165) is 0 Å². The van der Waals surface area contributed by atoms with Gasteiger partial charge in [-0.05, 0) is 27.7 Å². The van der Waals surface area contributed by atoms with Gasteiger partial charge in [0.15, 0.2) is 0 Å². The predicted octanol–water partition coefficient (Wildman–Crippen LogP) is 1.61. The van der Waals surface area contributed by atoms with Crippen molar-refractivity contribution in [3.05, 3.63) is 0 Å². The Morgan fingerprint density at radius 3 is 1.71 bits per heavy atom. The normalized spacial score (nSPS) is 17.4. The first-order valence-corrected chi connectivity index (χ1v) is 3.97. The van der Waals surface area contributed by atoms with Crippen molar-refractivity contribution in [2.45, 2.75) is 45.0 Å². The van der Waals surface area contributed by atoms with E-state index in [0.29, 0.717) is 6.92 Å². The highest BCUT2D eigenvalue weighted by Crippen LogP contribution is 2.30. The highest BCUT2D eigenvalue weighted by molar-refractivity contribution is 5.81. The summed E-state index contributed by atoms with van der Waals surface area (Å²) >= 11 is 0. The van der Waals surface area contributed by atoms with Crippen LogP contribution in [0.2, 0.25) is 0 Å². The van der Waals surface area contributed by atoms with E-state index in [-0.39, 0.29) is 0 Å². The Hall–Kier alpha value is -0.780. The second-order valence-corrected chi connectivity index (χ2v) is 4.20. The van der Waals surface area contributed by atoms with Gasteiger partial charge >= 0.3 is 12.1 Å². The first-order chi connectivity index (χ1) is 5.88. The van der Waals surface area contributed by atoms with Crippen molar-refractivity contribution >= 4 is 5.97 Å². The quantitative estimate of drug-likeness (QED) is 0.673. The van der Waals surface area contributed by atoms with Gasteiger partial charge in [0.05, 0.1) is 0 Å². The summed E-state index contributed by atoms with van der Waals surface area (Å²) in [4.78, 5) is 11.1. The van der Waals surface area contributed by atoms with Crippen LogP contribution in [0.1, 0.15) is 27.7 Å². The van der Waals surface area contributed by atoms with E-state index in [2.05, 4.69) is 4.74 Å². The number of ether oxygens (including phenoxy) is 1. The molecule has 0 aromatic carbocycles. The van der Waals surface area contributed by atoms with Crippen LogP contribution in [0.4, 0.5) is 13.2 Å². The zero-order valence-electron chi connectivity index (χ0n) is 8.53. The fourth-order valence-corrected chi connectivity index (χ4v) is 0.500. The summed E-state index contributed by atoms with van der Waals surface area (Å²) in [6.07, 6.45) is -4.81. The van der Waals surface area contributed by atoms with E-state index < -0.39 is 23.3 Å². The summed E-state index contributed by atoms with van der Waals surface area (Å²) in [6, 6.07) is 0. The van der Waals surface area contributed by atoms with Gasteiger partial charge in [-0.15, -0.1) is 0 Å². The van der Waals surface area contributed by atoms with Crippen LogP contribution in [0, 0.1) is 0 Å². The average molecular weight is 213 g/mol. The van der Waals surface area contributed by atoms with Crippen molar-refractivity contribution in [3.63, 3.8) is 0 Å². The Morgan fingerprint density at radius 2 is 1.50 bits per heavy atom. The molecule has 0 spiro atoms. The number of hydrogen-bond donors (Lipinski definition) is 1. The Kier molecular flexibility index (Phi) is 3.23. The summed E-state index contributed by atoms with van der Waals surface area (Å²) in [5.74, 6) is -1.47. The standard InChI is InChI=1S/C8H14F3NO2/c1-6(2,3)14-5(13)7(4,12)8(9,10)11/h12H2,1-4H3/t7-/m1/s1. The van der Waals surface area contributed by atoms with Crippen LogP contribution in [0.15, 0.2) is 0 Å². The van der Waals surface area contributed by atoms with Crippen LogP contribution in [0.25, 0.3) is 0 Å². The third-order valence-corrected chi connectivity index (χ3v) is 1.41. The number of rotatable bonds is 1. The van der Waals surface area contributed by atoms with E-state index >= 15 is 0 Å². The fourth-order valence-electron chi connectivity index (χ4n) is 0.500. The molecule has 14 heavy (non-hydrogen) atoms. The number of carbonyl (C=O) groups excluding carboxylic acids is 1. The third-order valence-electron chi connectivity index (χ3n) is 1.41. The van der Waals surface area contributed by atoms with Gasteiger partial charge in [-0.2, -0.15) is 13.2 Å². The highest BCUT2D eigenvalue weighted by Gasteiger charge is 2.55. The monoisotopic (exact) mass is 213 g/mol. The number of nitrogens with two attached hydrogens (primary N) is 1. The summed E-state index contributed by atoms with van der Waals surface area (Å²) < 4.78 is 41.2. The molecule has 0 unspecified atom stereocenters. The maximum Gasteiger partial charge on any atom is 0.416 e. The maximum atomic E-state index is 12.2. The van der Waals surface area contributed by atoms with E-state index in [1.807, 2.05) is 0 Å².